The zero-order valence-electron chi connectivity index (χ0n) is 25.1. The fourth-order valence-electron chi connectivity index (χ4n) is 7.15. The number of nitrogens with zero attached hydrogens (tertiary/aromatic N) is 5. The molecule has 0 saturated carbocycles. The van der Waals surface area contributed by atoms with E-state index in [4.69, 9.17) is 19.3 Å². The predicted octanol–water partition coefficient (Wildman–Crippen LogP) is 3.04. The molecule has 4 N–H and O–H groups in total. The van der Waals surface area contributed by atoms with Gasteiger partial charge in [0.2, 0.25) is 17.2 Å². The van der Waals surface area contributed by atoms with Gasteiger partial charge in [-0.2, -0.15) is 14.8 Å². The maximum Gasteiger partial charge on any atom is 0.319 e. The first kappa shape index (κ1) is 29.8. The second-order valence-corrected chi connectivity index (χ2v) is 12.9. The number of piperazine rings is 1. The standard InChI is InChI=1S/C32H37N7O5S/c1-37-12-4-6-24(37)19-44-32-34-29-14-21(28-15-25(40)13-20-5-2-3-7-26(20)28)8-11-27(29)31(35-32)39-22-9-10-23(39)18-38(17-22)30(41)16-33-36-45(42)43/h2-3,5,7-8,11,13-15,22-24,33,36,40H,4,6,9-10,12,16-19H2,1H3,(H,42,43)/t22-,23+,24-/m0/s1. The molecule has 13 heteroatoms. The van der Waals surface area contributed by atoms with Gasteiger partial charge in [-0.15, -0.1) is 0 Å². The number of phenolic OH excluding ortho intramolecular Hbond substituents is 1. The lowest BCUT2D eigenvalue weighted by atomic mass is 9.97. The van der Waals surface area contributed by atoms with Crippen molar-refractivity contribution in [1.29, 1.82) is 0 Å². The summed E-state index contributed by atoms with van der Waals surface area (Å²) in [5.41, 5.74) is 5.13. The van der Waals surface area contributed by atoms with E-state index in [1.807, 2.05) is 29.2 Å². The number of carbonyl (C=O) groups is 1. The number of phenols is 1. The molecule has 0 aliphatic carbocycles. The third-order valence-corrected chi connectivity index (χ3v) is 9.69. The Bertz CT molecular complexity index is 1760. The Kier molecular flexibility index (Phi) is 8.27. The second-order valence-electron chi connectivity index (χ2n) is 12.2. The minimum Gasteiger partial charge on any atom is -0.508 e. The van der Waals surface area contributed by atoms with Gasteiger partial charge >= 0.3 is 6.01 Å². The van der Waals surface area contributed by atoms with Gasteiger partial charge < -0.3 is 24.5 Å². The van der Waals surface area contributed by atoms with E-state index in [9.17, 15) is 14.1 Å². The van der Waals surface area contributed by atoms with Crippen molar-refractivity contribution in [1.82, 2.24) is 30.0 Å². The number of hydrogen-bond acceptors (Lipinski definition) is 9. The minimum atomic E-state index is -2.24. The number of aromatic hydroxyl groups is 1. The Balaban J connectivity index is 1.24. The van der Waals surface area contributed by atoms with Crippen molar-refractivity contribution in [3.8, 4) is 22.9 Å². The first-order chi connectivity index (χ1) is 21.8. The molecule has 3 fully saturated rings. The van der Waals surface area contributed by atoms with Crippen LogP contribution in [0.1, 0.15) is 25.7 Å². The molecule has 7 rings (SSSR count). The Morgan fingerprint density at radius 3 is 2.60 bits per heavy atom. The average Bonchev–Trinajstić information content (AvgIpc) is 3.56. The van der Waals surface area contributed by atoms with Crippen LogP contribution in [-0.4, -0.2) is 97.5 Å². The lowest BCUT2D eigenvalue weighted by molar-refractivity contribution is -0.131. The summed E-state index contributed by atoms with van der Waals surface area (Å²) < 4.78 is 26.1. The Labute approximate surface area is 263 Å². The van der Waals surface area contributed by atoms with Crippen molar-refractivity contribution in [2.45, 2.75) is 43.8 Å². The number of nitrogens with one attached hydrogen (secondary N) is 2. The van der Waals surface area contributed by atoms with E-state index in [0.29, 0.717) is 31.7 Å². The van der Waals surface area contributed by atoms with Crippen LogP contribution in [0.4, 0.5) is 5.82 Å². The SMILES string of the molecule is CN1CCC[C@H]1COc1nc(N2[C@@H]3CC[C@H]2CN(C(=O)CNNS(=O)O)C3)c2ccc(-c3cc(O)cc4ccccc34)cc2n1. The van der Waals surface area contributed by atoms with E-state index >= 15 is 0 Å². The summed E-state index contributed by atoms with van der Waals surface area (Å²) in [4.78, 5) is 31.4. The van der Waals surface area contributed by atoms with Crippen LogP contribution < -0.4 is 19.9 Å². The highest BCUT2D eigenvalue weighted by Crippen LogP contribution is 2.40. The van der Waals surface area contributed by atoms with Gasteiger partial charge in [0.15, 0.2) is 0 Å². The van der Waals surface area contributed by atoms with Gasteiger partial charge in [0, 0.05) is 36.6 Å². The zero-order chi connectivity index (χ0) is 31.1. The first-order valence-corrected chi connectivity index (χ1v) is 16.5. The summed E-state index contributed by atoms with van der Waals surface area (Å²) >= 11 is -2.24. The van der Waals surface area contributed by atoms with Crippen molar-refractivity contribution in [3.63, 3.8) is 0 Å². The maximum atomic E-state index is 12.9. The van der Waals surface area contributed by atoms with Crippen LogP contribution >= 0.6 is 0 Å². The normalized spacial score (nSPS) is 22.4. The highest BCUT2D eigenvalue weighted by molar-refractivity contribution is 7.77. The van der Waals surface area contributed by atoms with Gasteiger partial charge in [0.05, 0.1) is 12.1 Å². The van der Waals surface area contributed by atoms with Crippen molar-refractivity contribution in [3.05, 3.63) is 54.6 Å². The van der Waals surface area contributed by atoms with Gasteiger partial charge in [-0.1, -0.05) is 30.3 Å². The number of likely N-dealkylation sites (N-methyl/N-ethyl adjacent to an activating group) is 1. The molecule has 1 unspecified atom stereocenters. The molecule has 0 spiro atoms. The number of ether oxygens (including phenoxy) is 1. The number of benzene rings is 3. The molecule has 1 amide bonds. The zero-order valence-corrected chi connectivity index (χ0v) is 25.9. The third-order valence-electron chi connectivity index (χ3n) is 9.37. The number of hydrogen-bond donors (Lipinski definition) is 4. The van der Waals surface area contributed by atoms with Crippen molar-refractivity contribution >= 4 is 44.7 Å². The molecule has 45 heavy (non-hydrogen) atoms. The molecule has 3 aliphatic heterocycles. The van der Waals surface area contributed by atoms with Gasteiger partial charge in [-0.25, -0.2) is 9.63 Å². The molecule has 1 aromatic heterocycles. The molecule has 4 aromatic rings. The molecule has 236 valence electrons. The minimum absolute atomic E-state index is 0.0641. The van der Waals surface area contributed by atoms with Crippen LogP contribution in [0.3, 0.4) is 0 Å². The molecule has 3 saturated heterocycles. The quantitative estimate of drug-likeness (QED) is 0.161. The van der Waals surface area contributed by atoms with Gasteiger partial charge in [-0.3, -0.25) is 9.35 Å². The smallest absolute Gasteiger partial charge is 0.319 e. The molecule has 3 aromatic carbocycles. The summed E-state index contributed by atoms with van der Waals surface area (Å²) in [6.07, 6.45) is 4.06. The molecule has 4 atom stereocenters. The Morgan fingerprint density at radius 2 is 1.84 bits per heavy atom. The molecular weight excluding hydrogens is 594 g/mol. The molecule has 4 heterocycles. The number of fused-ring (bicyclic) bond motifs is 4. The summed E-state index contributed by atoms with van der Waals surface area (Å²) in [7, 11) is 2.12. The molecule has 3 aliphatic rings. The number of amides is 1. The maximum absolute atomic E-state index is 12.9. The number of hydrazine groups is 1. The summed E-state index contributed by atoms with van der Waals surface area (Å²) in [5, 5.41) is 13.4. The second kappa shape index (κ2) is 12.5. The molecule has 0 radical (unpaired) electrons. The van der Waals surface area contributed by atoms with Crippen LogP contribution in [0.25, 0.3) is 32.8 Å². The van der Waals surface area contributed by atoms with Crippen LogP contribution in [0.2, 0.25) is 0 Å². The monoisotopic (exact) mass is 631 g/mol. The van der Waals surface area contributed by atoms with E-state index in [2.05, 4.69) is 45.3 Å². The van der Waals surface area contributed by atoms with Crippen LogP contribution in [-0.2, 0) is 16.1 Å². The predicted molar refractivity (Wildman–Crippen MR) is 173 cm³/mol. The highest BCUT2D eigenvalue weighted by Gasteiger charge is 2.43. The van der Waals surface area contributed by atoms with Crippen LogP contribution in [0, 0.1) is 0 Å². The topological polar surface area (TPSA) is 143 Å². The fourth-order valence-corrected chi connectivity index (χ4v) is 7.35. The van der Waals surface area contributed by atoms with Gasteiger partial charge in [-0.05, 0) is 85.4 Å². The Hall–Kier alpha value is -3.88. The summed E-state index contributed by atoms with van der Waals surface area (Å²) in [5.74, 6) is 0.873. The van der Waals surface area contributed by atoms with E-state index in [0.717, 1.165) is 70.8 Å². The highest BCUT2D eigenvalue weighted by atomic mass is 32.2. The first-order valence-electron chi connectivity index (χ1n) is 15.4. The Morgan fingerprint density at radius 1 is 1.04 bits per heavy atom. The third kappa shape index (κ3) is 6.06. The van der Waals surface area contributed by atoms with Crippen molar-refractivity contribution in [2.75, 3.05) is 44.7 Å². The summed E-state index contributed by atoms with van der Waals surface area (Å²) in [6.45, 7) is 2.53. The van der Waals surface area contributed by atoms with E-state index in [1.165, 1.54) is 0 Å². The average molecular weight is 632 g/mol. The summed E-state index contributed by atoms with van der Waals surface area (Å²) in [6, 6.07) is 18.5. The van der Waals surface area contributed by atoms with Crippen molar-refractivity contribution in [2.24, 2.45) is 0 Å². The van der Waals surface area contributed by atoms with E-state index < -0.39 is 11.3 Å². The number of aromatic nitrogens is 2. The molecule has 2 bridgehead atoms. The number of rotatable bonds is 9. The number of carbonyl (C=O) groups excluding carboxylic acids is 1. The lowest BCUT2D eigenvalue weighted by Crippen LogP contribution is -2.57. The van der Waals surface area contributed by atoms with E-state index in [1.54, 1.807) is 12.1 Å². The lowest BCUT2D eigenvalue weighted by Gasteiger charge is -2.42. The van der Waals surface area contributed by atoms with E-state index in [-0.39, 0.29) is 30.3 Å². The number of likely N-dealkylation sites (tertiary alicyclic amines) is 2. The molecule has 12 nitrogen and oxygen atoms in total. The van der Waals surface area contributed by atoms with Crippen molar-refractivity contribution < 1.29 is 23.4 Å². The largest absolute Gasteiger partial charge is 0.508 e. The van der Waals surface area contributed by atoms with Crippen LogP contribution in [0.5, 0.6) is 11.8 Å². The van der Waals surface area contributed by atoms with Crippen LogP contribution in [0.15, 0.2) is 54.6 Å². The van der Waals surface area contributed by atoms with Gasteiger partial charge in [0.25, 0.3) is 0 Å². The molecular formula is C32H37N7O5S. The van der Waals surface area contributed by atoms with Gasteiger partial charge in [0.1, 0.15) is 18.2 Å². The fraction of sp³-hybridized carbons (Fsp3) is 0.406. The number of anilines is 1.